The molecule has 122 valence electrons. The van der Waals surface area contributed by atoms with Gasteiger partial charge in [-0.2, -0.15) is 4.98 Å². The molecule has 0 saturated carbocycles. The fourth-order valence-corrected chi connectivity index (χ4v) is 2.56. The monoisotopic (exact) mass is 297 g/mol. The third-order valence-corrected chi connectivity index (χ3v) is 3.80. The molecule has 1 aromatic heterocycles. The van der Waals surface area contributed by atoms with Gasteiger partial charge in [-0.25, -0.2) is 0 Å². The lowest BCUT2D eigenvalue weighted by Crippen LogP contribution is -2.34. The molecule has 21 heavy (non-hydrogen) atoms. The molecular formula is C16H31N3O2. The van der Waals surface area contributed by atoms with E-state index in [0.717, 1.165) is 19.4 Å². The minimum Gasteiger partial charge on any atom is -0.373 e. The lowest BCUT2D eigenvalue weighted by atomic mass is 9.88. The summed E-state index contributed by atoms with van der Waals surface area (Å²) in [6.45, 7) is 13.8. The Morgan fingerprint density at radius 1 is 1.29 bits per heavy atom. The molecule has 1 aromatic rings. The Hall–Kier alpha value is -0.940. The molecule has 1 N–H and O–H groups in total. The second kappa shape index (κ2) is 7.90. The van der Waals surface area contributed by atoms with Crippen LogP contribution in [-0.4, -0.2) is 29.8 Å². The van der Waals surface area contributed by atoms with Gasteiger partial charge in [0.2, 0.25) is 11.7 Å². The van der Waals surface area contributed by atoms with Gasteiger partial charge in [-0.15, -0.1) is 0 Å². The van der Waals surface area contributed by atoms with E-state index in [0.29, 0.717) is 17.8 Å². The smallest absolute Gasteiger partial charge is 0.231 e. The van der Waals surface area contributed by atoms with Gasteiger partial charge in [0.05, 0.1) is 5.92 Å². The predicted molar refractivity (Wildman–Crippen MR) is 84.3 cm³/mol. The average Bonchev–Trinajstić information content (AvgIpc) is 2.87. The van der Waals surface area contributed by atoms with E-state index in [9.17, 15) is 0 Å². The molecule has 5 heteroatoms. The first-order valence-corrected chi connectivity index (χ1v) is 7.94. The van der Waals surface area contributed by atoms with Crippen LogP contribution in [0.25, 0.3) is 0 Å². The van der Waals surface area contributed by atoms with E-state index >= 15 is 0 Å². The van der Waals surface area contributed by atoms with Gasteiger partial charge < -0.3 is 14.6 Å². The van der Waals surface area contributed by atoms with Crippen molar-refractivity contribution in [1.29, 1.82) is 0 Å². The van der Waals surface area contributed by atoms with Gasteiger partial charge in [0.15, 0.2) is 0 Å². The molecule has 0 aliphatic heterocycles. The molecule has 0 aliphatic rings. The summed E-state index contributed by atoms with van der Waals surface area (Å²) in [5, 5.41) is 7.67. The van der Waals surface area contributed by atoms with Crippen molar-refractivity contribution >= 4 is 0 Å². The molecule has 3 unspecified atom stereocenters. The standard InChI is InChI=1S/C16H31N3O2/c1-8-10-17-12(9-2)11(3)15-18-14(19-21-15)13(20-7)16(4,5)6/h11-13,17H,8-10H2,1-7H3. The molecule has 0 bridgehead atoms. The lowest BCUT2D eigenvalue weighted by molar-refractivity contribution is 0.00718. The van der Waals surface area contributed by atoms with Crippen LogP contribution in [0.3, 0.4) is 0 Å². The van der Waals surface area contributed by atoms with Crippen LogP contribution in [0.1, 0.15) is 78.1 Å². The number of nitrogens with zero attached hydrogens (tertiary/aromatic N) is 2. The highest BCUT2D eigenvalue weighted by molar-refractivity contribution is 5.01. The largest absolute Gasteiger partial charge is 0.373 e. The number of hydrogen-bond donors (Lipinski definition) is 1. The van der Waals surface area contributed by atoms with Crippen LogP contribution in [0.4, 0.5) is 0 Å². The summed E-state index contributed by atoms with van der Waals surface area (Å²) in [7, 11) is 1.69. The normalized spacial score (nSPS) is 16.7. The Kier molecular flexibility index (Phi) is 6.81. The van der Waals surface area contributed by atoms with Crippen molar-refractivity contribution < 1.29 is 9.26 Å². The van der Waals surface area contributed by atoms with E-state index in [4.69, 9.17) is 9.26 Å². The molecule has 0 spiro atoms. The number of ether oxygens (including phenoxy) is 1. The van der Waals surface area contributed by atoms with Crippen molar-refractivity contribution in [2.75, 3.05) is 13.7 Å². The van der Waals surface area contributed by atoms with Crippen LogP contribution in [0.15, 0.2) is 4.52 Å². The highest BCUT2D eigenvalue weighted by Crippen LogP contribution is 2.34. The molecule has 0 radical (unpaired) electrons. The molecule has 3 atom stereocenters. The quantitative estimate of drug-likeness (QED) is 0.793. The van der Waals surface area contributed by atoms with E-state index < -0.39 is 0 Å². The molecule has 0 amide bonds. The molecule has 1 rings (SSSR count). The maximum absolute atomic E-state index is 5.54. The first-order chi connectivity index (χ1) is 9.85. The topological polar surface area (TPSA) is 60.2 Å². The van der Waals surface area contributed by atoms with E-state index in [1.807, 2.05) is 0 Å². The minimum atomic E-state index is -0.161. The number of nitrogens with one attached hydrogen (secondary N) is 1. The number of aromatic nitrogens is 2. The summed E-state index contributed by atoms with van der Waals surface area (Å²) >= 11 is 0. The van der Waals surface area contributed by atoms with Crippen molar-refractivity contribution in [2.45, 2.75) is 72.4 Å². The van der Waals surface area contributed by atoms with Gasteiger partial charge in [-0.3, -0.25) is 0 Å². The van der Waals surface area contributed by atoms with Crippen LogP contribution >= 0.6 is 0 Å². The van der Waals surface area contributed by atoms with E-state index in [-0.39, 0.29) is 17.4 Å². The Morgan fingerprint density at radius 3 is 2.43 bits per heavy atom. The summed E-state index contributed by atoms with van der Waals surface area (Å²) in [6, 6.07) is 0.355. The third kappa shape index (κ3) is 4.78. The van der Waals surface area contributed by atoms with Crippen LogP contribution < -0.4 is 5.32 Å². The van der Waals surface area contributed by atoms with Gasteiger partial charge in [0.25, 0.3) is 0 Å². The summed E-state index contributed by atoms with van der Waals surface area (Å²) in [6.07, 6.45) is 1.99. The Labute approximate surface area is 128 Å². The lowest BCUT2D eigenvalue weighted by Gasteiger charge is -2.26. The maximum atomic E-state index is 5.54. The zero-order valence-electron chi connectivity index (χ0n) is 14.6. The molecular weight excluding hydrogens is 266 g/mol. The SMILES string of the molecule is CCCNC(CC)C(C)c1nc(C(OC)C(C)(C)C)no1. The summed E-state index contributed by atoms with van der Waals surface area (Å²) in [4.78, 5) is 4.58. The zero-order chi connectivity index (χ0) is 16.0. The van der Waals surface area contributed by atoms with E-state index in [1.165, 1.54) is 0 Å². The van der Waals surface area contributed by atoms with Crippen molar-refractivity contribution in [3.63, 3.8) is 0 Å². The van der Waals surface area contributed by atoms with Crippen molar-refractivity contribution in [3.8, 4) is 0 Å². The average molecular weight is 297 g/mol. The Balaban J connectivity index is 2.86. The molecule has 0 saturated heterocycles. The number of methoxy groups -OCH3 is 1. The van der Waals surface area contributed by atoms with Crippen LogP contribution in [-0.2, 0) is 4.74 Å². The van der Waals surface area contributed by atoms with Gasteiger partial charge >= 0.3 is 0 Å². The highest BCUT2D eigenvalue weighted by atomic mass is 16.5. The highest BCUT2D eigenvalue weighted by Gasteiger charge is 2.32. The fourth-order valence-electron chi connectivity index (χ4n) is 2.56. The minimum absolute atomic E-state index is 0.0657. The Bertz CT molecular complexity index is 412. The fraction of sp³-hybridized carbons (Fsp3) is 0.875. The molecule has 0 fully saturated rings. The van der Waals surface area contributed by atoms with Gasteiger partial charge in [-0.05, 0) is 24.8 Å². The second-order valence-electron chi connectivity index (χ2n) is 6.73. The summed E-state index contributed by atoms with van der Waals surface area (Å²) in [5.74, 6) is 1.52. The predicted octanol–water partition coefficient (Wildman–Crippen LogP) is 3.68. The first-order valence-electron chi connectivity index (χ1n) is 7.94. The van der Waals surface area contributed by atoms with Gasteiger partial charge in [0, 0.05) is 13.2 Å². The van der Waals surface area contributed by atoms with Crippen LogP contribution in [0.5, 0.6) is 0 Å². The van der Waals surface area contributed by atoms with Crippen LogP contribution in [0, 0.1) is 5.41 Å². The van der Waals surface area contributed by atoms with E-state index in [1.54, 1.807) is 7.11 Å². The van der Waals surface area contributed by atoms with E-state index in [2.05, 4.69) is 57.0 Å². The molecule has 1 heterocycles. The molecule has 0 aromatic carbocycles. The first kappa shape index (κ1) is 18.1. The summed E-state index contributed by atoms with van der Waals surface area (Å²) < 4.78 is 11.0. The molecule has 0 aliphatic carbocycles. The van der Waals surface area contributed by atoms with Gasteiger partial charge in [-0.1, -0.05) is 46.7 Å². The van der Waals surface area contributed by atoms with Gasteiger partial charge in [0.1, 0.15) is 6.10 Å². The second-order valence-corrected chi connectivity index (χ2v) is 6.73. The van der Waals surface area contributed by atoms with Crippen molar-refractivity contribution in [1.82, 2.24) is 15.5 Å². The molecule has 5 nitrogen and oxygen atoms in total. The zero-order valence-corrected chi connectivity index (χ0v) is 14.6. The van der Waals surface area contributed by atoms with Crippen molar-refractivity contribution in [3.05, 3.63) is 11.7 Å². The number of rotatable bonds is 8. The summed E-state index contributed by atoms with van der Waals surface area (Å²) in [5.41, 5.74) is -0.0657. The third-order valence-electron chi connectivity index (χ3n) is 3.80. The maximum Gasteiger partial charge on any atom is 0.231 e. The number of hydrogen-bond acceptors (Lipinski definition) is 5. The van der Waals surface area contributed by atoms with Crippen molar-refractivity contribution in [2.24, 2.45) is 5.41 Å². The van der Waals surface area contributed by atoms with Crippen LogP contribution in [0.2, 0.25) is 0 Å². The Morgan fingerprint density at radius 2 is 1.95 bits per heavy atom.